The van der Waals surface area contributed by atoms with Crippen molar-refractivity contribution in [3.8, 4) is 0 Å². The minimum Gasteiger partial charge on any atom is -0.372 e. The van der Waals surface area contributed by atoms with Crippen LogP contribution in [0.3, 0.4) is 0 Å². The van der Waals surface area contributed by atoms with E-state index in [1.165, 1.54) is 17.8 Å². The number of halogens is 1. The summed E-state index contributed by atoms with van der Waals surface area (Å²) in [5.74, 6) is 1.86. The van der Waals surface area contributed by atoms with Gasteiger partial charge >= 0.3 is 0 Å². The van der Waals surface area contributed by atoms with E-state index in [1.807, 2.05) is 31.2 Å². The highest BCUT2D eigenvalue weighted by molar-refractivity contribution is 5.85. The number of anilines is 5. The lowest BCUT2D eigenvalue weighted by molar-refractivity contribution is -0.384. The molecule has 43 heavy (non-hydrogen) atoms. The number of nitrogens with zero attached hydrogens (tertiary/aromatic N) is 7. The van der Waals surface area contributed by atoms with Crippen molar-refractivity contribution in [1.29, 1.82) is 0 Å². The van der Waals surface area contributed by atoms with Crippen molar-refractivity contribution in [2.24, 2.45) is 11.0 Å². The first kappa shape index (κ1) is 31.2. The van der Waals surface area contributed by atoms with Gasteiger partial charge in [-0.05, 0) is 55.9 Å². The summed E-state index contributed by atoms with van der Waals surface area (Å²) in [6.45, 7) is 3.72. The molecule has 0 bridgehead atoms. The van der Waals surface area contributed by atoms with Crippen LogP contribution >= 0.6 is 12.4 Å². The van der Waals surface area contributed by atoms with Gasteiger partial charge in [-0.3, -0.25) is 10.1 Å². The average Bonchev–Trinajstić information content (AvgIpc) is 2.99. The molecule has 5 rings (SSSR count). The van der Waals surface area contributed by atoms with Crippen LogP contribution in [0.2, 0.25) is 0 Å². The first-order valence-corrected chi connectivity index (χ1v) is 14.0. The fraction of sp³-hybridized carbons (Fsp3) is 0.290. The van der Waals surface area contributed by atoms with Gasteiger partial charge in [0.2, 0.25) is 17.8 Å². The van der Waals surface area contributed by atoms with E-state index in [2.05, 4.69) is 61.0 Å². The van der Waals surface area contributed by atoms with Crippen molar-refractivity contribution in [2.75, 3.05) is 47.7 Å². The molecule has 12 heteroatoms. The van der Waals surface area contributed by atoms with Crippen LogP contribution in [0.1, 0.15) is 29.5 Å². The molecule has 0 spiro atoms. The number of aromatic nitrogens is 3. The topological polar surface area (TPSA) is 125 Å². The Balaban J connectivity index is 0.00000423. The first-order valence-electron chi connectivity index (χ1n) is 14.0. The Kier molecular flexibility index (Phi) is 10.4. The Hall–Kier alpha value is -4.77. The Labute approximate surface area is 257 Å². The summed E-state index contributed by atoms with van der Waals surface area (Å²) in [6.07, 6.45) is 4.67. The number of nitrogens with one attached hydrogen (secondary N) is 2. The van der Waals surface area contributed by atoms with Crippen molar-refractivity contribution in [2.45, 2.75) is 26.2 Å². The maximum atomic E-state index is 11.6. The van der Waals surface area contributed by atoms with Crippen LogP contribution in [0.4, 0.5) is 34.9 Å². The van der Waals surface area contributed by atoms with Gasteiger partial charge in [0.15, 0.2) is 0 Å². The molecule has 1 aliphatic rings. The SMILES string of the molecule is Cc1ccc(Nc2nc(N/N=C/c3ccc(N(C)C)c([N+](=O)[O-])c3)nc(N3CCC(Cc4ccccc4)CC3)n2)cc1.Cl. The predicted octanol–water partition coefficient (Wildman–Crippen LogP) is 6.22. The lowest BCUT2D eigenvalue weighted by atomic mass is 9.90. The highest BCUT2D eigenvalue weighted by Crippen LogP contribution is 2.28. The Morgan fingerprint density at radius 2 is 1.70 bits per heavy atom. The van der Waals surface area contributed by atoms with Crippen LogP contribution in [0.15, 0.2) is 77.9 Å². The predicted molar refractivity (Wildman–Crippen MR) is 175 cm³/mol. The molecule has 0 radical (unpaired) electrons. The van der Waals surface area contributed by atoms with Crippen LogP contribution in [0, 0.1) is 23.0 Å². The number of hydrogen-bond donors (Lipinski definition) is 2. The maximum absolute atomic E-state index is 11.6. The Morgan fingerprint density at radius 1 is 1.00 bits per heavy atom. The van der Waals surface area contributed by atoms with E-state index in [1.54, 1.807) is 31.1 Å². The molecule has 2 heterocycles. The molecular weight excluding hydrogens is 566 g/mol. The lowest BCUT2D eigenvalue weighted by Gasteiger charge is -2.32. The van der Waals surface area contributed by atoms with Crippen LogP contribution < -0.4 is 20.5 Å². The highest BCUT2D eigenvalue weighted by atomic mass is 35.5. The summed E-state index contributed by atoms with van der Waals surface area (Å²) in [5, 5.41) is 19.1. The summed E-state index contributed by atoms with van der Waals surface area (Å²) in [7, 11) is 3.54. The zero-order valence-electron chi connectivity index (χ0n) is 24.5. The molecule has 1 saturated heterocycles. The molecule has 0 atom stereocenters. The number of nitro groups is 1. The second-order valence-electron chi connectivity index (χ2n) is 10.7. The number of aryl methyl sites for hydroxylation is 1. The third-order valence-electron chi connectivity index (χ3n) is 7.25. The van der Waals surface area contributed by atoms with Crippen LogP contribution in [0.5, 0.6) is 0 Å². The fourth-order valence-corrected chi connectivity index (χ4v) is 4.97. The standard InChI is InChI=1S/C31H35N9O2.ClH/c1-22-9-12-26(13-10-22)33-29-34-30(37-32-21-25-11-14-27(38(2)3)28(20-25)40(41)42)36-31(35-29)39-17-15-24(16-18-39)19-23-7-5-4-6-8-23;/h4-14,20-21,24H,15-19H2,1-3H3,(H2,33,34,35,36,37);1H/b32-21+;. The van der Waals surface area contributed by atoms with E-state index in [9.17, 15) is 10.1 Å². The van der Waals surface area contributed by atoms with Gasteiger partial charge in [0.05, 0.1) is 11.1 Å². The molecule has 1 aliphatic heterocycles. The van der Waals surface area contributed by atoms with Gasteiger partial charge in [-0.25, -0.2) is 5.43 Å². The van der Waals surface area contributed by atoms with Crippen molar-refractivity contribution < 1.29 is 4.92 Å². The summed E-state index contributed by atoms with van der Waals surface area (Å²) in [4.78, 5) is 29.0. The Bertz CT molecular complexity index is 1540. The smallest absolute Gasteiger partial charge is 0.293 e. The summed E-state index contributed by atoms with van der Waals surface area (Å²) in [6, 6.07) is 23.6. The van der Waals surface area contributed by atoms with E-state index in [-0.39, 0.29) is 24.0 Å². The fourth-order valence-electron chi connectivity index (χ4n) is 4.97. The van der Waals surface area contributed by atoms with Gasteiger partial charge in [0, 0.05) is 44.5 Å². The molecule has 1 fully saturated rings. The van der Waals surface area contributed by atoms with Gasteiger partial charge < -0.3 is 15.1 Å². The van der Waals surface area contributed by atoms with E-state index < -0.39 is 4.92 Å². The first-order chi connectivity index (χ1) is 20.3. The third-order valence-corrected chi connectivity index (χ3v) is 7.25. The minimum absolute atomic E-state index is 0. The van der Waals surface area contributed by atoms with E-state index >= 15 is 0 Å². The highest BCUT2D eigenvalue weighted by Gasteiger charge is 2.23. The average molecular weight is 602 g/mol. The normalized spacial score (nSPS) is 13.4. The summed E-state index contributed by atoms with van der Waals surface area (Å²) < 4.78 is 0. The molecule has 0 amide bonds. The largest absolute Gasteiger partial charge is 0.372 e. The van der Waals surface area contributed by atoms with Gasteiger partial charge in [-0.1, -0.05) is 54.1 Å². The molecular formula is C31H36ClN9O2. The zero-order valence-corrected chi connectivity index (χ0v) is 25.3. The molecule has 0 unspecified atom stereocenters. The molecule has 11 nitrogen and oxygen atoms in total. The number of nitro benzene ring substituents is 1. The lowest BCUT2D eigenvalue weighted by Crippen LogP contribution is -2.35. The van der Waals surface area contributed by atoms with Gasteiger partial charge in [-0.2, -0.15) is 20.1 Å². The second kappa shape index (κ2) is 14.4. The molecule has 3 aromatic carbocycles. The summed E-state index contributed by atoms with van der Waals surface area (Å²) in [5.41, 5.74) is 7.39. The van der Waals surface area contributed by atoms with E-state index in [0.29, 0.717) is 29.1 Å². The van der Waals surface area contributed by atoms with Crippen LogP contribution in [0.25, 0.3) is 0 Å². The molecule has 0 saturated carbocycles. The Morgan fingerprint density at radius 3 is 2.37 bits per heavy atom. The monoisotopic (exact) mass is 601 g/mol. The number of hydrogen-bond acceptors (Lipinski definition) is 10. The molecule has 1 aromatic heterocycles. The molecule has 4 aromatic rings. The molecule has 224 valence electrons. The minimum atomic E-state index is -0.398. The van der Waals surface area contributed by atoms with Crippen molar-refractivity contribution >= 4 is 53.5 Å². The molecule has 0 aliphatic carbocycles. The van der Waals surface area contributed by atoms with Gasteiger partial charge in [-0.15, -0.1) is 12.4 Å². The number of benzene rings is 3. The van der Waals surface area contributed by atoms with Crippen molar-refractivity contribution in [3.05, 3.63) is 99.6 Å². The zero-order chi connectivity index (χ0) is 29.5. The van der Waals surface area contributed by atoms with Crippen LogP contribution in [-0.2, 0) is 6.42 Å². The van der Waals surface area contributed by atoms with Crippen LogP contribution in [-0.4, -0.2) is 53.3 Å². The van der Waals surface area contributed by atoms with E-state index in [4.69, 9.17) is 4.98 Å². The number of rotatable bonds is 10. The third kappa shape index (κ3) is 8.39. The summed E-state index contributed by atoms with van der Waals surface area (Å²) >= 11 is 0. The van der Waals surface area contributed by atoms with E-state index in [0.717, 1.165) is 43.6 Å². The van der Waals surface area contributed by atoms with Gasteiger partial charge in [0.1, 0.15) is 5.69 Å². The maximum Gasteiger partial charge on any atom is 0.293 e. The quantitative estimate of drug-likeness (QED) is 0.124. The van der Waals surface area contributed by atoms with Gasteiger partial charge in [0.25, 0.3) is 5.69 Å². The van der Waals surface area contributed by atoms with Crippen molar-refractivity contribution in [3.63, 3.8) is 0 Å². The number of piperidine rings is 1. The van der Waals surface area contributed by atoms with Crippen molar-refractivity contribution in [1.82, 2.24) is 15.0 Å². The molecule has 2 N–H and O–H groups in total. The number of hydrazone groups is 1. The second-order valence-corrected chi connectivity index (χ2v) is 10.7.